The van der Waals surface area contributed by atoms with Gasteiger partial charge in [0, 0.05) is 12.3 Å². The molecule has 4 rings (SSSR count). The third kappa shape index (κ3) is 3.25. The van der Waals surface area contributed by atoms with Crippen LogP contribution in [0.2, 0.25) is 0 Å². The van der Waals surface area contributed by atoms with Crippen molar-refractivity contribution in [1.29, 1.82) is 0 Å². The van der Waals surface area contributed by atoms with Gasteiger partial charge in [-0.05, 0) is 54.7 Å². The number of rotatable bonds is 4. The summed E-state index contributed by atoms with van der Waals surface area (Å²) in [6.07, 6.45) is 9.97. The molecule has 1 fully saturated rings. The minimum atomic E-state index is 0.421. The highest BCUT2D eigenvalue weighted by atomic mass is 16.5. The number of hydrogen-bond acceptors (Lipinski definition) is 2. The van der Waals surface area contributed by atoms with E-state index in [4.69, 9.17) is 4.74 Å². The SMILES string of the molecule is O=C1CC2CCCC(COCc3ccccc3)C2=CC2=C1CCC2. The number of fused-ring (bicyclic) bond motifs is 1. The molecule has 0 bridgehead atoms. The zero-order valence-corrected chi connectivity index (χ0v) is 14.3. The van der Waals surface area contributed by atoms with Crippen LogP contribution in [0.3, 0.4) is 0 Å². The van der Waals surface area contributed by atoms with Crippen LogP contribution in [0.15, 0.2) is 53.1 Å². The summed E-state index contributed by atoms with van der Waals surface area (Å²) in [5, 5.41) is 0. The first kappa shape index (κ1) is 15.8. The molecule has 0 N–H and O–H groups in total. The molecule has 126 valence electrons. The fraction of sp³-hybridized carbons (Fsp3) is 0.500. The number of benzene rings is 1. The molecule has 0 aliphatic heterocycles. The number of hydrogen-bond donors (Lipinski definition) is 0. The molecule has 0 radical (unpaired) electrons. The molecular formula is C22H26O2. The number of allylic oxidation sites excluding steroid dienone is 3. The lowest BCUT2D eigenvalue weighted by molar-refractivity contribution is -0.116. The fourth-order valence-electron chi connectivity index (χ4n) is 4.60. The van der Waals surface area contributed by atoms with Crippen LogP contribution in [0.25, 0.3) is 0 Å². The summed E-state index contributed by atoms with van der Waals surface area (Å²) in [7, 11) is 0. The largest absolute Gasteiger partial charge is 0.376 e. The maximum atomic E-state index is 12.5. The van der Waals surface area contributed by atoms with Gasteiger partial charge in [0.15, 0.2) is 5.78 Å². The first-order chi connectivity index (χ1) is 11.8. The lowest BCUT2D eigenvalue weighted by Crippen LogP contribution is -2.24. The van der Waals surface area contributed by atoms with E-state index in [-0.39, 0.29) is 0 Å². The van der Waals surface area contributed by atoms with Crippen LogP contribution >= 0.6 is 0 Å². The second kappa shape index (κ2) is 7.06. The summed E-state index contributed by atoms with van der Waals surface area (Å²) in [5.74, 6) is 1.37. The number of Topliss-reactive ketones (excluding diaryl/α,β-unsaturated/α-hetero) is 1. The Morgan fingerprint density at radius 2 is 1.92 bits per heavy atom. The maximum Gasteiger partial charge on any atom is 0.159 e. The molecule has 24 heavy (non-hydrogen) atoms. The first-order valence-electron chi connectivity index (χ1n) is 9.39. The third-order valence-electron chi connectivity index (χ3n) is 5.85. The Balaban J connectivity index is 1.46. The molecule has 0 saturated heterocycles. The quantitative estimate of drug-likeness (QED) is 0.780. The van der Waals surface area contributed by atoms with E-state index in [1.54, 1.807) is 0 Å². The number of carbonyl (C=O) groups is 1. The van der Waals surface area contributed by atoms with Gasteiger partial charge in [-0.1, -0.05) is 48.4 Å². The minimum Gasteiger partial charge on any atom is -0.376 e. The summed E-state index contributed by atoms with van der Waals surface area (Å²) in [4.78, 5) is 12.5. The lowest BCUT2D eigenvalue weighted by atomic mass is 9.75. The van der Waals surface area contributed by atoms with Crippen molar-refractivity contribution in [3.63, 3.8) is 0 Å². The maximum absolute atomic E-state index is 12.5. The minimum absolute atomic E-state index is 0.421. The van der Waals surface area contributed by atoms with Crippen molar-refractivity contribution in [1.82, 2.24) is 0 Å². The predicted octanol–water partition coefficient (Wildman–Crippen LogP) is 5.00. The van der Waals surface area contributed by atoms with Crippen molar-refractivity contribution in [2.45, 2.75) is 51.6 Å². The van der Waals surface area contributed by atoms with Gasteiger partial charge in [0.05, 0.1) is 13.2 Å². The standard InChI is InChI=1S/C22H26O2/c23-22-13-18-8-4-10-19(15-24-14-16-6-2-1-3-7-16)21(18)12-17-9-5-11-20(17)22/h1-3,6-7,12,18-19H,4-5,8-11,13-15H2. The second-order valence-electron chi connectivity index (χ2n) is 7.45. The van der Waals surface area contributed by atoms with Gasteiger partial charge >= 0.3 is 0 Å². The average molecular weight is 322 g/mol. The second-order valence-corrected chi connectivity index (χ2v) is 7.45. The van der Waals surface area contributed by atoms with Crippen molar-refractivity contribution in [3.05, 3.63) is 58.7 Å². The smallest absolute Gasteiger partial charge is 0.159 e. The van der Waals surface area contributed by atoms with Crippen LogP contribution in [-0.4, -0.2) is 12.4 Å². The topological polar surface area (TPSA) is 26.3 Å². The van der Waals surface area contributed by atoms with Gasteiger partial charge in [-0.2, -0.15) is 0 Å². The zero-order valence-electron chi connectivity index (χ0n) is 14.3. The molecule has 0 spiro atoms. The Morgan fingerprint density at radius 3 is 2.79 bits per heavy atom. The monoisotopic (exact) mass is 322 g/mol. The van der Waals surface area contributed by atoms with E-state index in [0.29, 0.717) is 24.2 Å². The van der Waals surface area contributed by atoms with Crippen molar-refractivity contribution >= 4 is 5.78 Å². The fourth-order valence-corrected chi connectivity index (χ4v) is 4.60. The summed E-state index contributed by atoms with van der Waals surface area (Å²) >= 11 is 0. The molecule has 2 atom stereocenters. The highest BCUT2D eigenvalue weighted by Crippen LogP contribution is 2.43. The Kier molecular flexibility index (Phi) is 4.66. The van der Waals surface area contributed by atoms with E-state index in [1.165, 1.54) is 36.0 Å². The third-order valence-corrected chi connectivity index (χ3v) is 5.85. The molecule has 1 aromatic rings. The Hall–Kier alpha value is -1.67. The Morgan fingerprint density at radius 1 is 1.04 bits per heavy atom. The van der Waals surface area contributed by atoms with Gasteiger partial charge in [0.25, 0.3) is 0 Å². The van der Waals surface area contributed by atoms with Crippen LogP contribution in [-0.2, 0) is 16.1 Å². The van der Waals surface area contributed by atoms with E-state index in [2.05, 4.69) is 30.3 Å². The van der Waals surface area contributed by atoms with Gasteiger partial charge in [0.1, 0.15) is 0 Å². The van der Waals surface area contributed by atoms with Crippen molar-refractivity contribution in [2.24, 2.45) is 11.8 Å². The molecular weight excluding hydrogens is 296 g/mol. The summed E-state index contributed by atoms with van der Waals surface area (Å²) < 4.78 is 6.05. The number of ether oxygens (including phenoxy) is 1. The lowest BCUT2D eigenvalue weighted by Gasteiger charge is -2.32. The summed E-state index contributed by atoms with van der Waals surface area (Å²) in [6.45, 7) is 1.47. The van der Waals surface area contributed by atoms with Gasteiger partial charge in [0.2, 0.25) is 0 Å². The summed E-state index contributed by atoms with van der Waals surface area (Å²) in [6, 6.07) is 10.4. The first-order valence-corrected chi connectivity index (χ1v) is 9.39. The van der Waals surface area contributed by atoms with Crippen molar-refractivity contribution in [2.75, 3.05) is 6.61 Å². The normalized spacial score (nSPS) is 26.7. The highest BCUT2D eigenvalue weighted by molar-refractivity contribution is 5.98. The zero-order chi connectivity index (χ0) is 16.4. The number of ketones is 1. The molecule has 2 unspecified atom stereocenters. The van der Waals surface area contributed by atoms with Gasteiger partial charge < -0.3 is 4.74 Å². The molecule has 3 aliphatic rings. The van der Waals surface area contributed by atoms with Gasteiger partial charge in [-0.3, -0.25) is 4.79 Å². The Labute approximate surface area is 144 Å². The van der Waals surface area contributed by atoms with Crippen LogP contribution < -0.4 is 0 Å². The van der Waals surface area contributed by atoms with Crippen molar-refractivity contribution in [3.8, 4) is 0 Å². The predicted molar refractivity (Wildman–Crippen MR) is 95.5 cm³/mol. The molecule has 2 nitrogen and oxygen atoms in total. The Bertz CT molecular complexity index is 668. The van der Waals surface area contributed by atoms with E-state index in [1.807, 2.05) is 6.07 Å². The van der Waals surface area contributed by atoms with Crippen molar-refractivity contribution < 1.29 is 9.53 Å². The van der Waals surface area contributed by atoms with E-state index >= 15 is 0 Å². The average Bonchev–Trinajstić information content (AvgIpc) is 3.02. The van der Waals surface area contributed by atoms with Gasteiger partial charge in [-0.25, -0.2) is 0 Å². The molecule has 1 aromatic carbocycles. The number of carbonyl (C=O) groups excluding carboxylic acids is 1. The molecule has 0 amide bonds. The summed E-state index contributed by atoms with van der Waals surface area (Å²) in [5.41, 5.74) is 5.22. The van der Waals surface area contributed by atoms with E-state index in [0.717, 1.165) is 37.9 Å². The molecule has 0 heterocycles. The molecule has 3 aliphatic carbocycles. The molecule has 0 aromatic heterocycles. The van der Waals surface area contributed by atoms with E-state index in [9.17, 15) is 4.79 Å². The van der Waals surface area contributed by atoms with Crippen LogP contribution in [0.1, 0.15) is 50.5 Å². The van der Waals surface area contributed by atoms with Crippen LogP contribution in [0.4, 0.5) is 0 Å². The van der Waals surface area contributed by atoms with Crippen LogP contribution in [0, 0.1) is 11.8 Å². The molecule has 1 saturated carbocycles. The highest BCUT2D eigenvalue weighted by Gasteiger charge is 2.34. The van der Waals surface area contributed by atoms with Gasteiger partial charge in [-0.15, -0.1) is 0 Å². The van der Waals surface area contributed by atoms with Crippen LogP contribution in [0.5, 0.6) is 0 Å². The van der Waals surface area contributed by atoms with E-state index < -0.39 is 0 Å². The molecule has 2 heteroatoms.